The van der Waals surface area contributed by atoms with Crippen LogP contribution in [0.1, 0.15) is 44.6 Å². The van der Waals surface area contributed by atoms with E-state index >= 15 is 0 Å². The predicted molar refractivity (Wildman–Crippen MR) is 98.4 cm³/mol. The van der Waals surface area contributed by atoms with Crippen LogP contribution in [0, 0.1) is 11.8 Å². The number of nitrogens with one attached hydrogen (secondary N) is 3. The summed E-state index contributed by atoms with van der Waals surface area (Å²) in [7, 11) is 1.59. The van der Waals surface area contributed by atoms with Gasteiger partial charge in [0, 0.05) is 25.9 Å². The first-order valence-corrected chi connectivity index (χ1v) is 8.86. The molecule has 4 N–H and O–H groups in total. The van der Waals surface area contributed by atoms with Crippen molar-refractivity contribution < 1.29 is 19.6 Å². The van der Waals surface area contributed by atoms with E-state index in [2.05, 4.69) is 10.6 Å². The van der Waals surface area contributed by atoms with Gasteiger partial charge in [0.2, 0.25) is 17.7 Å². The fourth-order valence-electron chi connectivity index (χ4n) is 2.91. The molecule has 7 nitrogen and oxygen atoms in total. The summed E-state index contributed by atoms with van der Waals surface area (Å²) in [5, 5.41) is 14.2. The highest BCUT2D eigenvalue weighted by molar-refractivity contribution is 5.85. The van der Waals surface area contributed by atoms with Crippen molar-refractivity contribution >= 4 is 17.7 Å². The van der Waals surface area contributed by atoms with E-state index < -0.39 is 11.8 Å². The number of rotatable bonds is 10. The minimum Gasteiger partial charge on any atom is -0.359 e. The Morgan fingerprint density at radius 1 is 1.08 bits per heavy atom. The van der Waals surface area contributed by atoms with Gasteiger partial charge in [-0.3, -0.25) is 19.6 Å². The first-order valence-electron chi connectivity index (χ1n) is 8.86. The number of hydrogen-bond donors (Lipinski definition) is 4. The van der Waals surface area contributed by atoms with Crippen LogP contribution in [0.2, 0.25) is 0 Å². The average Bonchev–Trinajstić information content (AvgIpc) is 2.64. The molecule has 0 saturated heterocycles. The van der Waals surface area contributed by atoms with E-state index in [1.807, 2.05) is 44.2 Å². The van der Waals surface area contributed by atoms with Gasteiger partial charge >= 0.3 is 0 Å². The predicted octanol–water partition coefficient (Wildman–Crippen LogP) is 1.58. The topological polar surface area (TPSA) is 108 Å². The Bertz CT molecular complexity index is 590. The van der Waals surface area contributed by atoms with Crippen molar-refractivity contribution in [3.05, 3.63) is 35.9 Å². The van der Waals surface area contributed by atoms with Gasteiger partial charge in [0.1, 0.15) is 0 Å². The smallest absolute Gasteiger partial charge is 0.244 e. The second-order valence-electron chi connectivity index (χ2n) is 6.72. The third kappa shape index (κ3) is 7.23. The molecule has 0 aliphatic carbocycles. The first-order chi connectivity index (χ1) is 12.4. The van der Waals surface area contributed by atoms with Crippen LogP contribution >= 0.6 is 0 Å². The fourth-order valence-corrected chi connectivity index (χ4v) is 2.91. The molecule has 0 bridgehead atoms. The molecule has 0 saturated carbocycles. The zero-order valence-electron chi connectivity index (χ0n) is 15.6. The molecule has 1 unspecified atom stereocenters. The molecule has 1 aromatic rings. The summed E-state index contributed by atoms with van der Waals surface area (Å²) in [5.41, 5.74) is 2.46. The van der Waals surface area contributed by atoms with Crippen LogP contribution in [0.5, 0.6) is 0 Å². The highest BCUT2D eigenvalue weighted by Gasteiger charge is 2.24. The molecule has 0 aliphatic heterocycles. The summed E-state index contributed by atoms with van der Waals surface area (Å²) in [4.78, 5) is 36.0. The molecule has 2 atom stereocenters. The van der Waals surface area contributed by atoms with Gasteiger partial charge in [-0.15, -0.1) is 0 Å². The fraction of sp³-hybridized carbons (Fsp3) is 0.526. The minimum atomic E-state index is -0.585. The molecule has 1 aromatic carbocycles. The normalized spacial score (nSPS) is 13.0. The monoisotopic (exact) mass is 363 g/mol. The van der Waals surface area contributed by atoms with E-state index in [1.165, 1.54) is 0 Å². The maximum Gasteiger partial charge on any atom is 0.244 e. The molecule has 0 aromatic heterocycles. The lowest BCUT2D eigenvalue weighted by Crippen LogP contribution is -2.37. The molecule has 7 heteroatoms. The quantitative estimate of drug-likeness (QED) is 0.374. The van der Waals surface area contributed by atoms with Gasteiger partial charge in [0.15, 0.2) is 0 Å². The van der Waals surface area contributed by atoms with Crippen LogP contribution in [0.3, 0.4) is 0 Å². The number of carbonyl (C=O) groups excluding carboxylic acids is 3. The van der Waals surface area contributed by atoms with E-state index in [-0.39, 0.29) is 30.1 Å². The van der Waals surface area contributed by atoms with Gasteiger partial charge in [-0.2, -0.15) is 0 Å². The number of likely N-dealkylation sites (N-methyl/N-ethyl adjacent to an activating group) is 1. The molecular formula is C19H29N3O4. The summed E-state index contributed by atoms with van der Waals surface area (Å²) in [6.07, 6.45) is 0.922. The van der Waals surface area contributed by atoms with Crippen LogP contribution in [-0.2, 0) is 14.4 Å². The Hall–Kier alpha value is -2.41. The molecule has 26 heavy (non-hydrogen) atoms. The van der Waals surface area contributed by atoms with Gasteiger partial charge in [-0.1, -0.05) is 44.2 Å². The van der Waals surface area contributed by atoms with Crippen LogP contribution < -0.4 is 16.1 Å². The van der Waals surface area contributed by atoms with Crippen molar-refractivity contribution in [1.82, 2.24) is 16.1 Å². The van der Waals surface area contributed by atoms with Gasteiger partial charge in [-0.05, 0) is 24.3 Å². The second-order valence-corrected chi connectivity index (χ2v) is 6.72. The second kappa shape index (κ2) is 11.3. The molecule has 144 valence electrons. The molecule has 0 fully saturated rings. The maximum atomic E-state index is 12.4. The molecule has 0 radical (unpaired) electrons. The standard InChI is InChI=1S/C19H29N3O4/c1-13(2)11-15(12-17(23)22-26)18(24)21-10-9-16(19(25)20-3)14-7-5-4-6-8-14/h4-8,13,15-16,26H,9-12H2,1-3H3,(H,20,25)(H,21,24)(H,22,23)/t15?,16-/m0/s1. The maximum absolute atomic E-state index is 12.4. The Morgan fingerprint density at radius 3 is 2.27 bits per heavy atom. The minimum absolute atomic E-state index is 0.0714. The van der Waals surface area contributed by atoms with E-state index in [4.69, 9.17) is 5.21 Å². The van der Waals surface area contributed by atoms with Crippen molar-refractivity contribution in [2.45, 2.75) is 39.0 Å². The first kappa shape index (κ1) is 21.6. The third-order valence-corrected chi connectivity index (χ3v) is 4.18. The van der Waals surface area contributed by atoms with Gasteiger partial charge in [0.05, 0.1) is 5.92 Å². The zero-order chi connectivity index (χ0) is 19.5. The third-order valence-electron chi connectivity index (χ3n) is 4.18. The molecule has 0 heterocycles. The van der Waals surface area contributed by atoms with Gasteiger partial charge < -0.3 is 10.6 Å². The summed E-state index contributed by atoms with van der Waals surface area (Å²) < 4.78 is 0. The molecule has 3 amide bonds. The van der Waals surface area contributed by atoms with E-state index in [0.717, 1.165) is 5.56 Å². The average molecular weight is 363 g/mol. The summed E-state index contributed by atoms with van der Waals surface area (Å²) in [5.74, 6) is -1.57. The number of hydroxylamine groups is 1. The van der Waals surface area contributed by atoms with Gasteiger partial charge in [-0.25, -0.2) is 5.48 Å². The largest absolute Gasteiger partial charge is 0.359 e. The lowest BCUT2D eigenvalue weighted by atomic mass is 9.92. The lowest BCUT2D eigenvalue weighted by molar-refractivity contribution is -0.135. The number of carbonyl (C=O) groups is 3. The van der Waals surface area contributed by atoms with Crippen LogP contribution in [0.25, 0.3) is 0 Å². The van der Waals surface area contributed by atoms with Crippen molar-refractivity contribution in [2.75, 3.05) is 13.6 Å². The molecule has 0 aliphatic rings. The Labute approximate surface area is 154 Å². The van der Waals surface area contributed by atoms with E-state index in [1.54, 1.807) is 12.5 Å². The summed E-state index contributed by atoms with van der Waals surface area (Å²) >= 11 is 0. The zero-order valence-corrected chi connectivity index (χ0v) is 15.6. The Kier molecular flexibility index (Phi) is 9.36. The Balaban J connectivity index is 2.67. The number of hydrogen-bond acceptors (Lipinski definition) is 4. The van der Waals surface area contributed by atoms with Crippen LogP contribution in [0.15, 0.2) is 30.3 Å². The molecule has 0 spiro atoms. The Morgan fingerprint density at radius 2 is 1.73 bits per heavy atom. The highest BCUT2D eigenvalue weighted by Crippen LogP contribution is 2.20. The summed E-state index contributed by atoms with van der Waals surface area (Å²) in [6.45, 7) is 4.25. The SMILES string of the molecule is CNC(=O)[C@@H](CCNC(=O)C(CC(=O)NO)CC(C)C)c1ccccc1. The number of benzene rings is 1. The van der Waals surface area contributed by atoms with Gasteiger partial charge in [0.25, 0.3) is 0 Å². The highest BCUT2D eigenvalue weighted by atomic mass is 16.5. The van der Waals surface area contributed by atoms with Crippen molar-refractivity contribution in [1.29, 1.82) is 0 Å². The molecule has 1 rings (SSSR count). The van der Waals surface area contributed by atoms with E-state index in [9.17, 15) is 14.4 Å². The van der Waals surface area contributed by atoms with Crippen LogP contribution in [0.4, 0.5) is 0 Å². The lowest BCUT2D eigenvalue weighted by Gasteiger charge is -2.20. The van der Waals surface area contributed by atoms with Crippen LogP contribution in [-0.4, -0.2) is 36.5 Å². The van der Waals surface area contributed by atoms with Crippen molar-refractivity contribution in [3.8, 4) is 0 Å². The van der Waals surface area contributed by atoms with Crippen molar-refractivity contribution in [3.63, 3.8) is 0 Å². The van der Waals surface area contributed by atoms with E-state index in [0.29, 0.717) is 19.4 Å². The summed E-state index contributed by atoms with van der Waals surface area (Å²) in [6, 6.07) is 9.39. The van der Waals surface area contributed by atoms with Crippen molar-refractivity contribution in [2.24, 2.45) is 11.8 Å². The number of amides is 3. The molecular weight excluding hydrogens is 334 g/mol.